The van der Waals surface area contributed by atoms with Crippen LogP contribution in [0.25, 0.3) is 0 Å². The molecule has 1 aliphatic rings. The monoisotopic (exact) mass is 196 g/mol. The first kappa shape index (κ1) is 12.1. The van der Waals surface area contributed by atoms with E-state index in [4.69, 9.17) is 0 Å². The van der Waals surface area contributed by atoms with Gasteiger partial charge in [-0.2, -0.15) is 0 Å². The summed E-state index contributed by atoms with van der Waals surface area (Å²) in [7, 11) is 0. The molecule has 0 aliphatic heterocycles. The highest BCUT2D eigenvalue weighted by Gasteiger charge is 2.34. The average molecular weight is 196 g/mol. The van der Waals surface area contributed by atoms with Crippen LogP contribution >= 0.6 is 0 Å². The van der Waals surface area contributed by atoms with Crippen molar-refractivity contribution in [3.05, 3.63) is 0 Å². The van der Waals surface area contributed by atoms with Crippen LogP contribution in [0.3, 0.4) is 0 Å². The summed E-state index contributed by atoms with van der Waals surface area (Å²) in [4.78, 5) is 0. The van der Waals surface area contributed by atoms with Gasteiger partial charge in [0.2, 0.25) is 0 Å². The maximum atomic E-state index is 2.32. The van der Waals surface area contributed by atoms with Gasteiger partial charge in [-0.3, -0.25) is 0 Å². The van der Waals surface area contributed by atoms with Gasteiger partial charge >= 0.3 is 0 Å². The van der Waals surface area contributed by atoms with E-state index in [-0.39, 0.29) is 0 Å². The van der Waals surface area contributed by atoms with Gasteiger partial charge in [-0.15, -0.1) is 0 Å². The van der Waals surface area contributed by atoms with Crippen molar-refractivity contribution >= 4 is 0 Å². The lowest BCUT2D eigenvalue weighted by atomic mass is 10.1. The summed E-state index contributed by atoms with van der Waals surface area (Å²) in [5.74, 6) is 2.27. The van der Waals surface area contributed by atoms with Gasteiger partial charge in [-0.25, -0.2) is 0 Å². The van der Waals surface area contributed by atoms with Crippen molar-refractivity contribution in [1.29, 1.82) is 0 Å². The van der Waals surface area contributed by atoms with Crippen molar-refractivity contribution in [3.63, 3.8) is 0 Å². The Morgan fingerprint density at radius 2 is 1.36 bits per heavy atom. The van der Waals surface area contributed by atoms with Crippen molar-refractivity contribution < 1.29 is 0 Å². The van der Waals surface area contributed by atoms with E-state index >= 15 is 0 Å². The third-order valence-corrected chi connectivity index (χ3v) is 3.66. The number of unbranched alkanes of at least 4 members (excludes halogenated alkanes) is 5. The fraction of sp³-hybridized carbons (Fsp3) is 1.00. The van der Waals surface area contributed by atoms with E-state index in [2.05, 4.69) is 13.8 Å². The van der Waals surface area contributed by atoms with Crippen molar-refractivity contribution in [1.82, 2.24) is 0 Å². The molecule has 1 aliphatic carbocycles. The minimum Gasteiger partial charge on any atom is -0.0654 e. The van der Waals surface area contributed by atoms with Gasteiger partial charge in [0.25, 0.3) is 0 Å². The van der Waals surface area contributed by atoms with Crippen LogP contribution in [0.5, 0.6) is 0 Å². The molecule has 2 unspecified atom stereocenters. The Morgan fingerprint density at radius 3 is 2.07 bits per heavy atom. The van der Waals surface area contributed by atoms with Crippen LogP contribution in [0.2, 0.25) is 0 Å². The lowest BCUT2D eigenvalue weighted by Crippen LogP contribution is -1.84. The Balaban J connectivity index is 1.77. The Kier molecular flexibility index (Phi) is 6.31. The van der Waals surface area contributed by atoms with Gasteiger partial charge in [-0.1, -0.05) is 71.6 Å². The fourth-order valence-electron chi connectivity index (χ4n) is 2.58. The summed E-state index contributed by atoms with van der Waals surface area (Å²) in [6, 6.07) is 0. The van der Waals surface area contributed by atoms with E-state index in [0.717, 1.165) is 11.8 Å². The highest BCUT2D eigenvalue weighted by molar-refractivity contribution is 4.85. The van der Waals surface area contributed by atoms with Gasteiger partial charge in [0.1, 0.15) is 0 Å². The molecule has 0 spiro atoms. The molecule has 0 nitrogen and oxygen atoms in total. The van der Waals surface area contributed by atoms with Gasteiger partial charge < -0.3 is 0 Å². The molecule has 0 heterocycles. The second-order valence-electron chi connectivity index (χ2n) is 5.10. The van der Waals surface area contributed by atoms with E-state index in [1.54, 1.807) is 6.42 Å². The second kappa shape index (κ2) is 7.31. The molecule has 84 valence electrons. The first-order valence-corrected chi connectivity index (χ1v) is 6.88. The number of hydrogen-bond donors (Lipinski definition) is 0. The first-order chi connectivity index (χ1) is 6.88. The zero-order valence-electron chi connectivity index (χ0n) is 10.2. The van der Waals surface area contributed by atoms with Gasteiger partial charge in [-0.05, 0) is 18.3 Å². The summed E-state index contributed by atoms with van der Waals surface area (Å²) in [6.45, 7) is 4.61. The van der Waals surface area contributed by atoms with E-state index in [9.17, 15) is 0 Å². The molecule has 0 saturated heterocycles. The molecular weight excluding hydrogens is 168 g/mol. The summed E-state index contributed by atoms with van der Waals surface area (Å²) in [5.41, 5.74) is 0. The molecule has 14 heavy (non-hydrogen) atoms. The molecule has 0 amide bonds. The summed E-state index contributed by atoms with van der Waals surface area (Å²) in [5, 5.41) is 0. The van der Waals surface area contributed by atoms with Crippen molar-refractivity contribution in [3.8, 4) is 0 Å². The second-order valence-corrected chi connectivity index (χ2v) is 5.10. The summed E-state index contributed by atoms with van der Waals surface area (Å²) < 4.78 is 0. The normalized spacial score (nSPS) is 25.3. The Labute approximate surface area is 90.5 Å². The largest absolute Gasteiger partial charge is 0.0654 e. The van der Waals surface area contributed by atoms with Crippen LogP contribution in [0.4, 0.5) is 0 Å². The Hall–Kier alpha value is 0. The Morgan fingerprint density at radius 1 is 0.714 bits per heavy atom. The molecule has 0 N–H and O–H groups in total. The lowest BCUT2D eigenvalue weighted by Gasteiger charge is -2.00. The molecule has 1 rings (SSSR count). The topological polar surface area (TPSA) is 0 Å². The highest BCUT2D eigenvalue weighted by atomic mass is 14.4. The molecule has 0 aromatic heterocycles. The molecule has 0 aromatic rings. The highest BCUT2D eigenvalue weighted by Crippen LogP contribution is 2.45. The summed E-state index contributed by atoms with van der Waals surface area (Å²) >= 11 is 0. The molecule has 2 atom stereocenters. The predicted octanol–water partition coefficient (Wildman–Crippen LogP) is 5.17. The molecule has 0 bridgehead atoms. The van der Waals surface area contributed by atoms with E-state index < -0.39 is 0 Å². The Bertz CT molecular complexity index is 128. The third kappa shape index (κ3) is 5.02. The third-order valence-electron chi connectivity index (χ3n) is 3.66. The van der Waals surface area contributed by atoms with Gasteiger partial charge in [0.15, 0.2) is 0 Å². The maximum Gasteiger partial charge on any atom is -0.0383 e. The maximum absolute atomic E-state index is 2.32. The van der Waals surface area contributed by atoms with Gasteiger partial charge in [0.05, 0.1) is 0 Å². The quantitative estimate of drug-likeness (QED) is 0.446. The van der Waals surface area contributed by atoms with Crippen LogP contribution in [0, 0.1) is 11.8 Å². The predicted molar refractivity (Wildman–Crippen MR) is 64.5 cm³/mol. The fourth-order valence-corrected chi connectivity index (χ4v) is 2.58. The average Bonchev–Trinajstić information content (AvgIpc) is 2.91. The van der Waals surface area contributed by atoms with Crippen LogP contribution in [0.15, 0.2) is 0 Å². The SMILES string of the molecule is CCCCCCCCC1CC1CCC. The van der Waals surface area contributed by atoms with E-state index in [0.29, 0.717) is 0 Å². The molecule has 0 radical (unpaired) electrons. The van der Waals surface area contributed by atoms with E-state index in [1.165, 1.54) is 57.8 Å². The minimum absolute atomic E-state index is 1.13. The number of rotatable bonds is 9. The smallest absolute Gasteiger partial charge is 0.0383 e. The van der Waals surface area contributed by atoms with Gasteiger partial charge in [0, 0.05) is 0 Å². The van der Waals surface area contributed by atoms with Crippen molar-refractivity contribution in [2.75, 3.05) is 0 Å². The zero-order valence-corrected chi connectivity index (χ0v) is 10.2. The molecule has 1 saturated carbocycles. The van der Waals surface area contributed by atoms with Crippen molar-refractivity contribution in [2.45, 2.75) is 78.1 Å². The molecule has 0 heteroatoms. The summed E-state index contributed by atoms with van der Waals surface area (Å²) in [6.07, 6.45) is 14.8. The van der Waals surface area contributed by atoms with E-state index in [1.807, 2.05) is 0 Å². The number of hydrogen-bond acceptors (Lipinski definition) is 0. The first-order valence-electron chi connectivity index (χ1n) is 6.88. The van der Waals surface area contributed by atoms with Crippen LogP contribution in [-0.2, 0) is 0 Å². The van der Waals surface area contributed by atoms with Crippen LogP contribution < -0.4 is 0 Å². The molecule has 0 aromatic carbocycles. The lowest BCUT2D eigenvalue weighted by molar-refractivity contribution is 0.536. The molecule has 1 fully saturated rings. The van der Waals surface area contributed by atoms with Crippen LogP contribution in [-0.4, -0.2) is 0 Å². The van der Waals surface area contributed by atoms with Crippen LogP contribution in [0.1, 0.15) is 78.1 Å². The zero-order chi connectivity index (χ0) is 10.2. The van der Waals surface area contributed by atoms with Crippen molar-refractivity contribution in [2.24, 2.45) is 11.8 Å². The molecular formula is C14H28. The minimum atomic E-state index is 1.13. The standard InChI is InChI=1S/C14H28/c1-3-5-6-7-8-9-11-14-12-13(14)10-4-2/h13-14H,3-12H2,1-2H3.